The van der Waals surface area contributed by atoms with E-state index in [4.69, 9.17) is 4.74 Å². The highest BCUT2D eigenvalue weighted by Crippen LogP contribution is 2.36. The molecule has 0 bridgehead atoms. The molecule has 1 heterocycles. The van der Waals surface area contributed by atoms with Crippen molar-refractivity contribution in [2.75, 3.05) is 0 Å². The van der Waals surface area contributed by atoms with Crippen LogP contribution in [0, 0.1) is 0 Å². The minimum absolute atomic E-state index is 0.0481. The van der Waals surface area contributed by atoms with Gasteiger partial charge in [-0.05, 0) is 77.0 Å². The van der Waals surface area contributed by atoms with Crippen molar-refractivity contribution in [3.05, 3.63) is 41.5 Å². The third-order valence-corrected chi connectivity index (χ3v) is 6.50. The first-order chi connectivity index (χ1) is 15.0. The van der Waals surface area contributed by atoms with Gasteiger partial charge in [-0.2, -0.15) is 0 Å². The van der Waals surface area contributed by atoms with Gasteiger partial charge in [0, 0.05) is 24.5 Å². The largest absolute Gasteiger partial charge is 0.483 e. The zero-order valence-electron chi connectivity index (χ0n) is 20.5. The molecule has 1 aliphatic carbocycles. The fourth-order valence-corrected chi connectivity index (χ4v) is 4.85. The lowest BCUT2D eigenvalue weighted by molar-refractivity contribution is 0.0541. The number of aromatic nitrogens is 3. The van der Waals surface area contributed by atoms with Crippen LogP contribution in [0.1, 0.15) is 102 Å². The lowest BCUT2D eigenvalue weighted by Gasteiger charge is -2.42. The fourth-order valence-electron chi connectivity index (χ4n) is 4.85. The minimum Gasteiger partial charge on any atom is -0.483 e. The van der Waals surface area contributed by atoms with E-state index in [2.05, 4.69) is 40.7 Å². The van der Waals surface area contributed by atoms with Crippen LogP contribution in [-0.4, -0.2) is 42.4 Å². The Bertz CT molecular complexity index is 924. The molecule has 7 heteroatoms. The Balaban J connectivity index is 1.68. The summed E-state index contributed by atoms with van der Waals surface area (Å²) in [6, 6.07) is 8.25. The molecule has 1 amide bonds. The second-order valence-electron chi connectivity index (χ2n) is 10.3. The maximum Gasteiger partial charge on any atom is 0.407 e. The number of ether oxygens (including phenoxy) is 1. The number of benzene rings is 1. The summed E-state index contributed by atoms with van der Waals surface area (Å²) in [7, 11) is 2.00. The van der Waals surface area contributed by atoms with Crippen LogP contribution in [0.15, 0.2) is 24.3 Å². The number of amides is 1. The van der Waals surface area contributed by atoms with Gasteiger partial charge in [0.25, 0.3) is 0 Å². The molecule has 0 aliphatic heterocycles. The SMILES string of the molecule is CC(C)c1cccc(OC(C)c2nnc(C3CCC(N(C(=O)O)C(C)(C)C)CC3)n2C)c1. The number of rotatable bonds is 6. The summed E-state index contributed by atoms with van der Waals surface area (Å²) >= 11 is 0. The summed E-state index contributed by atoms with van der Waals surface area (Å²) in [6.45, 7) is 12.2. The van der Waals surface area contributed by atoms with Gasteiger partial charge in [-0.1, -0.05) is 26.0 Å². The van der Waals surface area contributed by atoms with Crippen LogP contribution in [0.4, 0.5) is 4.79 Å². The van der Waals surface area contributed by atoms with E-state index in [-0.39, 0.29) is 18.1 Å². The first-order valence-electron chi connectivity index (χ1n) is 11.7. The van der Waals surface area contributed by atoms with Crippen molar-refractivity contribution in [3.8, 4) is 5.75 Å². The molecule has 1 unspecified atom stereocenters. The highest BCUT2D eigenvalue weighted by molar-refractivity contribution is 5.66. The van der Waals surface area contributed by atoms with Crippen LogP contribution in [0.3, 0.4) is 0 Å². The summed E-state index contributed by atoms with van der Waals surface area (Å²) in [5, 5.41) is 18.7. The van der Waals surface area contributed by atoms with E-state index in [0.717, 1.165) is 43.1 Å². The summed E-state index contributed by atoms with van der Waals surface area (Å²) in [5.74, 6) is 3.33. The van der Waals surface area contributed by atoms with Crippen molar-refractivity contribution < 1.29 is 14.6 Å². The lowest BCUT2D eigenvalue weighted by atomic mass is 9.83. The molecule has 1 atom stereocenters. The van der Waals surface area contributed by atoms with Crippen molar-refractivity contribution in [2.24, 2.45) is 7.05 Å². The average Bonchev–Trinajstić information content (AvgIpc) is 3.09. The molecule has 0 radical (unpaired) electrons. The van der Waals surface area contributed by atoms with E-state index in [1.165, 1.54) is 5.56 Å². The third kappa shape index (κ3) is 5.25. The maximum atomic E-state index is 11.8. The molecule has 1 N–H and O–H groups in total. The molecule has 1 aromatic carbocycles. The van der Waals surface area contributed by atoms with Crippen LogP contribution in [0.5, 0.6) is 5.75 Å². The first kappa shape index (κ1) is 24.1. The van der Waals surface area contributed by atoms with Gasteiger partial charge in [0.2, 0.25) is 0 Å². The predicted molar refractivity (Wildman–Crippen MR) is 125 cm³/mol. The molecule has 1 aliphatic rings. The number of hydrogen-bond donors (Lipinski definition) is 1. The van der Waals surface area contributed by atoms with Gasteiger partial charge in [0.1, 0.15) is 11.6 Å². The molecule has 3 rings (SSSR count). The topological polar surface area (TPSA) is 80.5 Å². The molecule has 2 aromatic rings. The summed E-state index contributed by atoms with van der Waals surface area (Å²) in [4.78, 5) is 13.4. The van der Waals surface area contributed by atoms with E-state index in [0.29, 0.717) is 5.92 Å². The van der Waals surface area contributed by atoms with Crippen LogP contribution in [0.2, 0.25) is 0 Å². The Labute approximate surface area is 191 Å². The van der Waals surface area contributed by atoms with Gasteiger partial charge in [-0.3, -0.25) is 0 Å². The van der Waals surface area contributed by atoms with Gasteiger partial charge in [0.15, 0.2) is 11.9 Å². The first-order valence-corrected chi connectivity index (χ1v) is 11.7. The highest BCUT2D eigenvalue weighted by Gasteiger charge is 2.37. The van der Waals surface area contributed by atoms with Gasteiger partial charge in [0.05, 0.1) is 0 Å². The van der Waals surface area contributed by atoms with E-state index in [9.17, 15) is 9.90 Å². The fraction of sp³-hybridized carbons (Fsp3) is 0.640. The van der Waals surface area contributed by atoms with E-state index in [1.54, 1.807) is 4.90 Å². The summed E-state index contributed by atoms with van der Waals surface area (Å²) < 4.78 is 8.25. The maximum absolute atomic E-state index is 11.8. The molecule has 32 heavy (non-hydrogen) atoms. The predicted octanol–water partition coefficient (Wildman–Crippen LogP) is 5.88. The van der Waals surface area contributed by atoms with Crippen LogP contribution in [-0.2, 0) is 7.05 Å². The third-order valence-electron chi connectivity index (χ3n) is 6.50. The van der Waals surface area contributed by atoms with Gasteiger partial charge in [-0.15, -0.1) is 10.2 Å². The summed E-state index contributed by atoms with van der Waals surface area (Å²) in [5.41, 5.74) is 0.844. The van der Waals surface area contributed by atoms with Crippen LogP contribution >= 0.6 is 0 Å². The van der Waals surface area contributed by atoms with Crippen molar-refractivity contribution in [2.45, 2.75) is 96.7 Å². The van der Waals surface area contributed by atoms with Crippen molar-refractivity contribution in [3.63, 3.8) is 0 Å². The monoisotopic (exact) mass is 442 g/mol. The summed E-state index contributed by atoms with van der Waals surface area (Å²) in [6.07, 6.45) is 2.43. The van der Waals surface area contributed by atoms with Crippen molar-refractivity contribution in [1.29, 1.82) is 0 Å². The molecule has 0 spiro atoms. The second-order valence-corrected chi connectivity index (χ2v) is 10.3. The number of hydrogen-bond acceptors (Lipinski definition) is 4. The lowest BCUT2D eigenvalue weighted by Crippen LogP contribution is -2.52. The Morgan fingerprint density at radius 1 is 1.16 bits per heavy atom. The average molecular weight is 443 g/mol. The van der Waals surface area contributed by atoms with Crippen LogP contribution in [0.25, 0.3) is 0 Å². The zero-order valence-corrected chi connectivity index (χ0v) is 20.5. The quantitative estimate of drug-likeness (QED) is 0.604. The second kappa shape index (κ2) is 9.51. The zero-order chi connectivity index (χ0) is 23.6. The highest BCUT2D eigenvalue weighted by atomic mass is 16.5. The number of carboxylic acid groups (broad SMARTS) is 1. The van der Waals surface area contributed by atoms with E-state index in [1.807, 2.05) is 46.9 Å². The standard InChI is InChI=1S/C25H38N4O3/c1-16(2)19-9-8-10-21(15-19)32-17(3)22-26-27-23(28(22)7)18-11-13-20(14-12-18)29(24(30)31)25(4,5)6/h8-10,15-18,20H,11-14H2,1-7H3,(H,30,31). The van der Waals surface area contributed by atoms with E-state index < -0.39 is 11.6 Å². The van der Waals surface area contributed by atoms with Crippen molar-refractivity contribution in [1.82, 2.24) is 19.7 Å². The number of nitrogens with zero attached hydrogens (tertiary/aromatic N) is 4. The van der Waals surface area contributed by atoms with Gasteiger partial charge in [-0.25, -0.2) is 4.79 Å². The number of carbonyl (C=O) groups is 1. The molecule has 176 valence electrons. The van der Waals surface area contributed by atoms with Crippen molar-refractivity contribution >= 4 is 6.09 Å². The van der Waals surface area contributed by atoms with Gasteiger partial charge < -0.3 is 19.3 Å². The van der Waals surface area contributed by atoms with E-state index >= 15 is 0 Å². The smallest absolute Gasteiger partial charge is 0.407 e. The van der Waals surface area contributed by atoms with Crippen LogP contribution < -0.4 is 4.74 Å². The molecule has 1 aromatic heterocycles. The minimum atomic E-state index is -0.839. The van der Waals surface area contributed by atoms with Gasteiger partial charge >= 0.3 is 6.09 Å². The Kier molecular flexibility index (Phi) is 7.16. The Hall–Kier alpha value is -2.57. The molecular weight excluding hydrogens is 404 g/mol. The molecule has 7 nitrogen and oxygen atoms in total. The Morgan fingerprint density at radius 2 is 1.81 bits per heavy atom. The Morgan fingerprint density at radius 3 is 2.38 bits per heavy atom. The molecular formula is C25H38N4O3. The molecule has 0 saturated heterocycles. The molecule has 1 fully saturated rings. The normalized spacial score (nSPS) is 20.2. The molecule has 1 saturated carbocycles.